The minimum absolute atomic E-state index is 0.123. The SMILES string of the molecule is CC1CCCC1OC(=O)c1ccccc1. The molecule has 0 amide bonds. The smallest absolute Gasteiger partial charge is 0.338 e. The van der Waals surface area contributed by atoms with Gasteiger partial charge in [-0.25, -0.2) is 4.79 Å². The van der Waals surface area contributed by atoms with Gasteiger partial charge in [-0.1, -0.05) is 25.1 Å². The summed E-state index contributed by atoms with van der Waals surface area (Å²) in [4.78, 5) is 11.7. The molecule has 1 aromatic carbocycles. The Morgan fingerprint density at radius 2 is 2.00 bits per heavy atom. The minimum atomic E-state index is -0.186. The molecule has 2 unspecified atom stereocenters. The summed E-state index contributed by atoms with van der Waals surface area (Å²) < 4.78 is 5.47. The maximum Gasteiger partial charge on any atom is 0.338 e. The van der Waals surface area contributed by atoms with Gasteiger partial charge in [0.25, 0.3) is 0 Å². The molecule has 2 nitrogen and oxygen atoms in total. The van der Waals surface area contributed by atoms with Crippen molar-refractivity contribution in [1.82, 2.24) is 0 Å². The molecule has 1 fully saturated rings. The Balaban J connectivity index is 1.98. The van der Waals surface area contributed by atoms with E-state index in [0.29, 0.717) is 11.5 Å². The van der Waals surface area contributed by atoms with E-state index in [2.05, 4.69) is 6.92 Å². The third-order valence-corrected chi connectivity index (χ3v) is 3.05. The molecule has 2 atom stereocenters. The van der Waals surface area contributed by atoms with E-state index in [0.717, 1.165) is 6.42 Å². The van der Waals surface area contributed by atoms with Crippen LogP contribution in [0.3, 0.4) is 0 Å². The Morgan fingerprint density at radius 1 is 1.27 bits per heavy atom. The molecule has 1 saturated carbocycles. The topological polar surface area (TPSA) is 26.3 Å². The molecular weight excluding hydrogens is 188 g/mol. The summed E-state index contributed by atoms with van der Waals surface area (Å²) >= 11 is 0. The van der Waals surface area contributed by atoms with Crippen molar-refractivity contribution < 1.29 is 9.53 Å². The first-order valence-corrected chi connectivity index (χ1v) is 5.53. The Bertz CT molecular complexity index is 332. The number of ether oxygens (including phenoxy) is 1. The first kappa shape index (κ1) is 10.2. The van der Waals surface area contributed by atoms with Crippen molar-refractivity contribution in [3.8, 4) is 0 Å². The van der Waals surface area contributed by atoms with Gasteiger partial charge in [0.05, 0.1) is 5.56 Å². The van der Waals surface area contributed by atoms with E-state index < -0.39 is 0 Å². The van der Waals surface area contributed by atoms with Crippen LogP contribution in [-0.4, -0.2) is 12.1 Å². The van der Waals surface area contributed by atoms with Gasteiger partial charge in [0.15, 0.2) is 0 Å². The van der Waals surface area contributed by atoms with E-state index >= 15 is 0 Å². The van der Waals surface area contributed by atoms with E-state index in [1.165, 1.54) is 12.8 Å². The number of esters is 1. The van der Waals surface area contributed by atoms with E-state index in [1.54, 1.807) is 12.1 Å². The number of carbonyl (C=O) groups is 1. The Hall–Kier alpha value is -1.31. The predicted molar refractivity (Wildman–Crippen MR) is 58.7 cm³/mol. The van der Waals surface area contributed by atoms with Gasteiger partial charge < -0.3 is 4.74 Å². The van der Waals surface area contributed by atoms with Gasteiger partial charge in [0.2, 0.25) is 0 Å². The molecule has 80 valence electrons. The molecule has 1 aliphatic carbocycles. The number of hydrogen-bond acceptors (Lipinski definition) is 2. The highest BCUT2D eigenvalue weighted by molar-refractivity contribution is 5.89. The van der Waals surface area contributed by atoms with Crippen LogP contribution in [0, 0.1) is 5.92 Å². The van der Waals surface area contributed by atoms with E-state index in [9.17, 15) is 4.79 Å². The highest BCUT2D eigenvalue weighted by atomic mass is 16.5. The van der Waals surface area contributed by atoms with E-state index in [1.807, 2.05) is 18.2 Å². The van der Waals surface area contributed by atoms with Gasteiger partial charge in [-0.3, -0.25) is 0 Å². The first-order chi connectivity index (χ1) is 7.27. The lowest BCUT2D eigenvalue weighted by atomic mass is 10.1. The average Bonchev–Trinajstić information content (AvgIpc) is 2.66. The molecule has 0 saturated heterocycles. The van der Waals surface area contributed by atoms with Gasteiger partial charge in [-0.2, -0.15) is 0 Å². The van der Waals surface area contributed by atoms with Crippen molar-refractivity contribution >= 4 is 5.97 Å². The molecular formula is C13H16O2. The number of rotatable bonds is 2. The molecule has 1 aromatic rings. The summed E-state index contributed by atoms with van der Waals surface area (Å²) in [6.07, 6.45) is 3.48. The lowest BCUT2D eigenvalue weighted by Gasteiger charge is -2.16. The zero-order valence-corrected chi connectivity index (χ0v) is 8.98. The maximum absolute atomic E-state index is 11.7. The third kappa shape index (κ3) is 2.38. The predicted octanol–water partition coefficient (Wildman–Crippen LogP) is 3.03. The molecule has 15 heavy (non-hydrogen) atoms. The molecule has 0 N–H and O–H groups in total. The van der Waals surface area contributed by atoms with Crippen molar-refractivity contribution in [2.24, 2.45) is 5.92 Å². The molecule has 2 rings (SSSR count). The molecule has 0 aliphatic heterocycles. The van der Waals surface area contributed by atoms with E-state index in [4.69, 9.17) is 4.74 Å². The van der Waals surface area contributed by atoms with Crippen LogP contribution in [0.2, 0.25) is 0 Å². The minimum Gasteiger partial charge on any atom is -0.459 e. The average molecular weight is 204 g/mol. The zero-order valence-electron chi connectivity index (χ0n) is 8.98. The lowest BCUT2D eigenvalue weighted by molar-refractivity contribution is 0.0226. The fourth-order valence-electron chi connectivity index (χ4n) is 2.07. The fraction of sp³-hybridized carbons (Fsp3) is 0.462. The van der Waals surface area contributed by atoms with Crippen LogP contribution in [0.25, 0.3) is 0 Å². The monoisotopic (exact) mass is 204 g/mol. The molecule has 0 spiro atoms. The molecule has 0 radical (unpaired) electrons. The number of hydrogen-bond donors (Lipinski definition) is 0. The van der Waals surface area contributed by atoms with Crippen LogP contribution in [-0.2, 0) is 4.74 Å². The van der Waals surface area contributed by atoms with Crippen molar-refractivity contribution in [2.75, 3.05) is 0 Å². The third-order valence-electron chi connectivity index (χ3n) is 3.05. The van der Waals surface area contributed by atoms with Crippen LogP contribution in [0.4, 0.5) is 0 Å². The van der Waals surface area contributed by atoms with Crippen LogP contribution in [0.15, 0.2) is 30.3 Å². The zero-order chi connectivity index (χ0) is 10.7. The molecule has 0 bridgehead atoms. The van der Waals surface area contributed by atoms with Crippen LogP contribution in [0.1, 0.15) is 36.5 Å². The van der Waals surface area contributed by atoms with Gasteiger partial charge in [0.1, 0.15) is 6.10 Å². The standard InChI is InChI=1S/C13H16O2/c1-10-6-5-9-12(10)15-13(14)11-7-3-2-4-8-11/h2-4,7-8,10,12H,5-6,9H2,1H3. The number of carbonyl (C=O) groups excluding carboxylic acids is 1. The quantitative estimate of drug-likeness (QED) is 0.692. The van der Waals surface area contributed by atoms with Gasteiger partial charge >= 0.3 is 5.97 Å². The largest absolute Gasteiger partial charge is 0.459 e. The Kier molecular flexibility index (Phi) is 3.05. The summed E-state index contributed by atoms with van der Waals surface area (Å²) in [6, 6.07) is 9.20. The summed E-state index contributed by atoms with van der Waals surface area (Å²) in [5.74, 6) is 0.326. The van der Waals surface area contributed by atoms with Crippen LogP contribution >= 0.6 is 0 Å². The highest BCUT2D eigenvalue weighted by Crippen LogP contribution is 2.28. The number of benzene rings is 1. The maximum atomic E-state index is 11.7. The van der Waals surface area contributed by atoms with Crippen LogP contribution in [0.5, 0.6) is 0 Å². The Labute approximate surface area is 90.3 Å². The van der Waals surface area contributed by atoms with Crippen molar-refractivity contribution in [3.63, 3.8) is 0 Å². The summed E-state index contributed by atoms with van der Waals surface area (Å²) in [5, 5.41) is 0. The second kappa shape index (κ2) is 4.47. The highest BCUT2D eigenvalue weighted by Gasteiger charge is 2.26. The fourth-order valence-corrected chi connectivity index (χ4v) is 2.07. The van der Waals surface area contributed by atoms with Crippen molar-refractivity contribution in [2.45, 2.75) is 32.3 Å². The summed E-state index contributed by atoms with van der Waals surface area (Å²) in [6.45, 7) is 2.15. The molecule has 0 heterocycles. The Morgan fingerprint density at radius 3 is 2.60 bits per heavy atom. The normalized spacial score (nSPS) is 25.1. The van der Waals surface area contributed by atoms with Crippen molar-refractivity contribution in [1.29, 1.82) is 0 Å². The van der Waals surface area contributed by atoms with Crippen LogP contribution < -0.4 is 0 Å². The van der Waals surface area contributed by atoms with E-state index in [-0.39, 0.29) is 12.1 Å². The van der Waals surface area contributed by atoms with Gasteiger partial charge in [-0.15, -0.1) is 0 Å². The first-order valence-electron chi connectivity index (χ1n) is 5.53. The van der Waals surface area contributed by atoms with Gasteiger partial charge in [-0.05, 0) is 37.3 Å². The summed E-state index contributed by atoms with van der Waals surface area (Å²) in [5.41, 5.74) is 0.650. The lowest BCUT2D eigenvalue weighted by Crippen LogP contribution is -2.20. The second-order valence-electron chi connectivity index (χ2n) is 4.22. The van der Waals surface area contributed by atoms with Crippen molar-refractivity contribution in [3.05, 3.63) is 35.9 Å². The molecule has 1 aliphatic rings. The van der Waals surface area contributed by atoms with Gasteiger partial charge in [0, 0.05) is 0 Å². The molecule has 0 aromatic heterocycles. The second-order valence-corrected chi connectivity index (χ2v) is 4.22. The summed E-state index contributed by atoms with van der Waals surface area (Å²) in [7, 11) is 0. The molecule has 2 heteroatoms.